The maximum atomic E-state index is 12.2. The molecule has 1 aliphatic rings. The van der Waals surface area contributed by atoms with Crippen LogP contribution in [0.1, 0.15) is 29.6 Å². The van der Waals surface area contributed by atoms with Crippen molar-refractivity contribution in [3.63, 3.8) is 0 Å². The van der Waals surface area contributed by atoms with Crippen LogP contribution in [0.3, 0.4) is 0 Å². The standard InChI is InChI=1S/C15H20N4O4/c1-16-13-5-4-11(19(22)23)10-12(13)15(21)17-7-6-14(20)18-8-2-3-9-18/h4-5,10,16H,2-3,6-9H2,1H3,(H,17,21). The van der Waals surface area contributed by atoms with Crippen LogP contribution in [-0.2, 0) is 4.79 Å². The quantitative estimate of drug-likeness (QED) is 0.608. The van der Waals surface area contributed by atoms with Gasteiger partial charge in [0.1, 0.15) is 0 Å². The normalized spacial score (nSPS) is 13.7. The molecule has 1 aliphatic heterocycles. The predicted molar refractivity (Wildman–Crippen MR) is 85.4 cm³/mol. The summed E-state index contributed by atoms with van der Waals surface area (Å²) in [4.78, 5) is 36.2. The molecule has 23 heavy (non-hydrogen) atoms. The van der Waals surface area contributed by atoms with Gasteiger partial charge in [-0.3, -0.25) is 19.7 Å². The van der Waals surface area contributed by atoms with Crippen molar-refractivity contribution in [2.45, 2.75) is 19.3 Å². The lowest BCUT2D eigenvalue weighted by Crippen LogP contribution is -2.32. The Balaban J connectivity index is 1.95. The van der Waals surface area contributed by atoms with Crippen LogP contribution in [0.4, 0.5) is 11.4 Å². The van der Waals surface area contributed by atoms with Gasteiger partial charge in [0.05, 0.1) is 10.5 Å². The minimum atomic E-state index is -0.548. The van der Waals surface area contributed by atoms with E-state index in [1.54, 1.807) is 11.9 Å². The lowest BCUT2D eigenvalue weighted by Gasteiger charge is -2.15. The molecular weight excluding hydrogens is 300 g/mol. The van der Waals surface area contributed by atoms with E-state index in [4.69, 9.17) is 0 Å². The lowest BCUT2D eigenvalue weighted by molar-refractivity contribution is -0.384. The summed E-state index contributed by atoms with van der Waals surface area (Å²) >= 11 is 0. The summed E-state index contributed by atoms with van der Waals surface area (Å²) in [7, 11) is 1.63. The van der Waals surface area contributed by atoms with E-state index in [1.807, 2.05) is 0 Å². The maximum Gasteiger partial charge on any atom is 0.270 e. The summed E-state index contributed by atoms with van der Waals surface area (Å²) in [5, 5.41) is 16.3. The summed E-state index contributed by atoms with van der Waals surface area (Å²) in [6, 6.07) is 4.05. The molecule has 0 aromatic heterocycles. The number of carbonyl (C=O) groups is 2. The van der Waals surface area contributed by atoms with Gasteiger partial charge in [0, 0.05) is 50.9 Å². The first-order valence-corrected chi connectivity index (χ1v) is 7.55. The number of amides is 2. The first-order valence-electron chi connectivity index (χ1n) is 7.55. The topological polar surface area (TPSA) is 105 Å². The monoisotopic (exact) mass is 320 g/mol. The Morgan fingerprint density at radius 2 is 2.00 bits per heavy atom. The average Bonchev–Trinajstić information content (AvgIpc) is 3.08. The molecule has 0 atom stereocenters. The van der Waals surface area contributed by atoms with Gasteiger partial charge in [-0.05, 0) is 18.9 Å². The first-order chi connectivity index (χ1) is 11.0. The van der Waals surface area contributed by atoms with Gasteiger partial charge in [-0.1, -0.05) is 0 Å². The van der Waals surface area contributed by atoms with E-state index in [1.165, 1.54) is 18.2 Å². The Labute approximate surface area is 134 Å². The molecule has 0 bridgehead atoms. The molecule has 0 saturated carbocycles. The molecule has 0 aliphatic carbocycles. The fourth-order valence-electron chi connectivity index (χ4n) is 2.55. The molecule has 1 aromatic carbocycles. The molecule has 1 heterocycles. The number of anilines is 1. The van der Waals surface area contributed by atoms with Gasteiger partial charge in [0.2, 0.25) is 5.91 Å². The molecule has 2 amide bonds. The second-order valence-electron chi connectivity index (χ2n) is 5.33. The molecule has 0 spiro atoms. The Bertz CT molecular complexity index is 611. The summed E-state index contributed by atoms with van der Waals surface area (Å²) in [5.74, 6) is -0.414. The van der Waals surface area contributed by atoms with Crippen molar-refractivity contribution in [2.75, 3.05) is 32.0 Å². The van der Waals surface area contributed by atoms with Crippen LogP contribution < -0.4 is 10.6 Å². The molecule has 0 radical (unpaired) electrons. The van der Waals surface area contributed by atoms with E-state index in [-0.39, 0.29) is 30.1 Å². The number of carbonyl (C=O) groups excluding carboxylic acids is 2. The van der Waals surface area contributed by atoms with Crippen molar-refractivity contribution < 1.29 is 14.5 Å². The SMILES string of the molecule is CNc1ccc([N+](=O)[O-])cc1C(=O)NCCC(=O)N1CCCC1. The predicted octanol–water partition coefficient (Wildman–Crippen LogP) is 1.38. The maximum absolute atomic E-state index is 12.2. The van der Waals surface area contributed by atoms with Crippen LogP contribution in [0, 0.1) is 10.1 Å². The van der Waals surface area contributed by atoms with Gasteiger partial charge < -0.3 is 15.5 Å². The number of hydrogen-bond acceptors (Lipinski definition) is 5. The first kappa shape index (κ1) is 16.7. The van der Waals surface area contributed by atoms with Crippen LogP contribution in [0.5, 0.6) is 0 Å². The van der Waals surface area contributed by atoms with Crippen molar-refractivity contribution >= 4 is 23.2 Å². The zero-order valence-electron chi connectivity index (χ0n) is 13.0. The molecule has 1 aromatic rings. The number of likely N-dealkylation sites (tertiary alicyclic amines) is 1. The number of nitro benzene ring substituents is 1. The van der Waals surface area contributed by atoms with Crippen LogP contribution >= 0.6 is 0 Å². The highest BCUT2D eigenvalue weighted by atomic mass is 16.6. The van der Waals surface area contributed by atoms with E-state index < -0.39 is 10.8 Å². The van der Waals surface area contributed by atoms with E-state index in [0.29, 0.717) is 5.69 Å². The number of nitro groups is 1. The third kappa shape index (κ3) is 4.18. The molecular formula is C15H20N4O4. The highest BCUT2D eigenvalue weighted by molar-refractivity contribution is 6.00. The van der Waals surface area contributed by atoms with Gasteiger partial charge >= 0.3 is 0 Å². The van der Waals surface area contributed by atoms with Crippen molar-refractivity contribution in [3.8, 4) is 0 Å². The fourth-order valence-corrected chi connectivity index (χ4v) is 2.55. The van der Waals surface area contributed by atoms with Crippen molar-refractivity contribution in [3.05, 3.63) is 33.9 Å². The third-order valence-corrected chi connectivity index (χ3v) is 3.81. The summed E-state index contributed by atoms with van der Waals surface area (Å²) < 4.78 is 0. The van der Waals surface area contributed by atoms with E-state index in [9.17, 15) is 19.7 Å². The average molecular weight is 320 g/mol. The molecule has 8 heteroatoms. The van der Waals surface area contributed by atoms with Gasteiger partial charge in [-0.2, -0.15) is 0 Å². The zero-order valence-corrected chi connectivity index (χ0v) is 13.0. The van der Waals surface area contributed by atoms with Crippen molar-refractivity contribution in [1.29, 1.82) is 0 Å². The van der Waals surface area contributed by atoms with E-state index in [2.05, 4.69) is 10.6 Å². The highest BCUT2D eigenvalue weighted by Crippen LogP contribution is 2.21. The molecule has 0 unspecified atom stereocenters. The molecule has 2 rings (SSSR count). The molecule has 8 nitrogen and oxygen atoms in total. The molecule has 2 N–H and O–H groups in total. The number of nitrogens with zero attached hydrogens (tertiary/aromatic N) is 2. The molecule has 1 fully saturated rings. The van der Waals surface area contributed by atoms with Gasteiger partial charge in [0.15, 0.2) is 0 Å². The zero-order chi connectivity index (χ0) is 16.8. The summed E-state index contributed by atoms with van der Waals surface area (Å²) in [5.41, 5.74) is 0.539. The fraction of sp³-hybridized carbons (Fsp3) is 0.467. The van der Waals surface area contributed by atoms with E-state index in [0.717, 1.165) is 25.9 Å². The second-order valence-corrected chi connectivity index (χ2v) is 5.33. The van der Waals surface area contributed by atoms with E-state index >= 15 is 0 Å². The van der Waals surface area contributed by atoms with Gasteiger partial charge in [-0.25, -0.2) is 0 Å². The van der Waals surface area contributed by atoms with Crippen molar-refractivity contribution in [2.24, 2.45) is 0 Å². The van der Waals surface area contributed by atoms with Crippen LogP contribution in [-0.4, -0.2) is 48.3 Å². The number of benzene rings is 1. The van der Waals surface area contributed by atoms with Crippen LogP contribution in [0.25, 0.3) is 0 Å². The molecule has 1 saturated heterocycles. The molecule has 124 valence electrons. The van der Waals surface area contributed by atoms with Crippen LogP contribution in [0.15, 0.2) is 18.2 Å². The highest BCUT2D eigenvalue weighted by Gasteiger charge is 2.19. The Kier molecular flexibility index (Phi) is 5.51. The Morgan fingerprint density at radius 3 is 2.61 bits per heavy atom. The summed E-state index contributed by atoms with van der Waals surface area (Å²) in [6.07, 6.45) is 2.28. The van der Waals surface area contributed by atoms with Gasteiger partial charge in [0.25, 0.3) is 11.6 Å². The number of rotatable bonds is 6. The Hall–Kier alpha value is -2.64. The van der Waals surface area contributed by atoms with Gasteiger partial charge in [-0.15, -0.1) is 0 Å². The lowest BCUT2D eigenvalue weighted by atomic mass is 10.1. The second kappa shape index (κ2) is 7.57. The smallest absolute Gasteiger partial charge is 0.270 e. The number of non-ortho nitro benzene ring substituents is 1. The number of hydrogen-bond donors (Lipinski definition) is 2. The largest absolute Gasteiger partial charge is 0.387 e. The van der Waals surface area contributed by atoms with Crippen LogP contribution in [0.2, 0.25) is 0 Å². The minimum Gasteiger partial charge on any atom is -0.387 e. The number of nitrogens with one attached hydrogen (secondary N) is 2. The Morgan fingerprint density at radius 1 is 1.30 bits per heavy atom. The minimum absolute atomic E-state index is 0.0238. The van der Waals surface area contributed by atoms with Crippen molar-refractivity contribution in [1.82, 2.24) is 10.2 Å². The summed E-state index contributed by atoms with van der Waals surface area (Å²) in [6.45, 7) is 1.77. The third-order valence-electron chi connectivity index (χ3n) is 3.81.